The standard InChI is InChI=1S/C34H55NO2Si/c1-7-8-9-10-11-12-13-14-15-16-17-18-19-20-21-26-33(36)35-29-30(31-24-22-23-25-32(31)35)27-28-37-38(5,6)34(2,3)4/h11-12,14-15,22-25,29H,7-10,13,16-21,26-28H2,1-6H3/b12-11-,15-14-. The molecule has 3 nitrogen and oxygen atoms in total. The van der Waals surface area contributed by atoms with E-state index in [-0.39, 0.29) is 10.9 Å². The number of hydrogen-bond acceptors (Lipinski definition) is 2. The Kier molecular flexibility index (Phi) is 14.4. The summed E-state index contributed by atoms with van der Waals surface area (Å²) < 4.78 is 8.30. The van der Waals surface area contributed by atoms with Crippen molar-refractivity contribution in [3.05, 3.63) is 60.3 Å². The molecule has 0 N–H and O–H groups in total. The summed E-state index contributed by atoms with van der Waals surface area (Å²) in [5.74, 6) is 0.212. The summed E-state index contributed by atoms with van der Waals surface area (Å²) >= 11 is 0. The Morgan fingerprint density at radius 1 is 0.895 bits per heavy atom. The lowest BCUT2D eigenvalue weighted by Crippen LogP contribution is -2.41. The van der Waals surface area contributed by atoms with Gasteiger partial charge in [-0.1, -0.05) is 102 Å². The molecule has 1 aromatic heterocycles. The van der Waals surface area contributed by atoms with Crippen LogP contribution in [0, 0.1) is 0 Å². The van der Waals surface area contributed by atoms with Crippen molar-refractivity contribution in [2.75, 3.05) is 6.61 Å². The molecule has 1 aromatic carbocycles. The van der Waals surface area contributed by atoms with Gasteiger partial charge in [0.2, 0.25) is 5.91 Å². The minimum absolute atomic E-state index is 0.207. The van der Waals surface area contributed by atoms with Crippen LogP contribution in [-0.2, 0) is 10.8 Å². The maximum absolute atomic E-state index is 13.1. The number of benzene rings is 1. The van der Waals surface area contributed by atoms with E-state index in [1.54, 1.807) is 0 Å². The lowest BCUT2D eigenvalue weighted by molar-refractivity contribution is 0.0904. The average Bonchev–Trinajstić information content (AvgIpc) is 3.24. The van der Waals surface area contributed by atoms with Crippen LogP contribution >= 0.6 is 0 Å². The van der Waals surface area contributed by atoms with E-state index < -0.39 is 8.32 Å². The molecule has 0 amide bonds. The van der Waals surface area contributed by atoms with E-state index in [0.717, 1.165) is 31.2 Å². The van der Waals surface area contributed by atoms with Gasteiger partial charge in [-0.3, -0.25) is 9.36 Å². The average molecular weight is 538 g/mol. The lowest BCUT2D eigenvalue weighted by Gasteiger charge is -2.36. The van der Waals surface area contributed by atoms with Crippen molar-refractivity contribution in [1.82, 2.24) is 4.57 Å². The molecule has 4 heteroatoms. The quantitative estimate of drug-likeness (QED) is 0.108. The molecule has 0 radical (unpaired) electrons. The summed E-state index contributed by atoms with van der Waals surface area (Å²) in [7, 11) is -1.77. The zero-order chi connectivity index (χ0) is 27.9. The van der Waals surface area contributed by atoms with E-state index in [1.807, 2.05) is 10.6 Å². The highest BCUT2D eigenvalue weighted by molar-refractivity contribution is 6.74. The Hall–Kier alpha value is -1.91. The minimum Gasteiger partial charge on any atom is -0.416 e. The molecule has 1 heterocycles. The molecular weight excluding hydrogens is 482 g/mol. The number of allylic oxidation sites excluding steroid dienone is 4. The third-order valence-corrected chi connectivity index (χ3v) is 12.6. The van der Waals surface area contributed by atoms with E-state index in [1.165, 1.54) is 62.3 Å². The maximum atomic E-state index is 13.1. The van der Waals surface area contributed by atoms with Crippen LogP contribution in [0.2, 0.25) is 18.1 Å². The van der Waals surface area contributed by atoms with Crippen LogP contribution in [0.3, 0.4) is 0 Å². The molecule has 38 heavy (non-hydrogen) atoms. The summed E-state index contributed by atoms with van der Waals surface area (Å²) in [5, 5.41) is 1.39. The number of hydrogen-bond donors (Lipinski definition) is 0. The van der Waals surface area contributed by atoms with Crippen molar-refractivity contribution >= 4 is 25.1 Å². The van der Waals surface area contributed by atoms with Gasteiger partial charge in [0.25, 0.3) is 0 Å². The predicted octanol–water partition coefficient (Wildman–Crippen LogP) is 10.7. The van der Waals surface area contributed by atoms with Gasteiger partial charge in [0, 0.05) is 24.6 Å². The second-order valence-electron chi connectivity index (χ2n) is 12.3. The number of carbonyl (C=O) groups is 1. The number of unbranched alkanes of at least 4 members (excludes halogenated alkanes) is 8. The third-order valence-electron chi connectivity index (χ3n) is 8.04. The summed E-state index contributed by atoms with van der Waals surface area (Å²) in [6, 6.07) is 8.30. The Morgan fingerprint density at radius 2 is 1.53 bits per heavy atom. The molecule has 0 fully saturated rings. The first-order valence-electron chi connectivity index (χ1n) is 15.2. The molecule has 0 bridgehead atoms. The second-order valence-corrected chi connectivity index (χ2v) is 17.1. The maximum Gasteiger partial charge on any atom is 0.231 e. The van der Waals surface area contributed by atoms with Gasteiger partial charge in [-0.05, 0) is 74.7 Å². The van der Waals surface area contributed by atoms with Crippen molar-refractivity contribution < 1.29 is 9.22 Å². The van der Waals surface area contributed by atoms with E-state index in [0.29, 0.717) is 13.0 Å². The number of rotatable bonds is 18. The minimum atomic E-state index is -1.77. The molecular formula is C34H55NO2Si. The van der Waals surface area contributed by atoms with E-state index in [9.17, 15) is 4.79 Å². The van der Waals surface area contributed by atoms with Gasteiger partial charge in [0.1, 0.15) is 0 Å². The molecule has 2 aromatic rings. The van der Waals surface area contributed by atoms with Crippen LogP contribution in [0.25, 0.3) is 10.9 Å². The second kappa shape index (κ2) is 16.9. The first-order valence-corrected chi connectivity index (χ1v) is 18.1. The molecule has 0 saturated carbocycles. The monoisotopic (exact) mass is 537 g/mol. The molecule has 212 valence electrons. The fourth-order valence-corrected chi connectivity index (χ4v) is 5.54. The summed E-state index contributed by atoms with van der Waals surface area (Å²) in [6.45, 7) is 14.4. The molecule has 0 saturated heterocycles. The molecule has 0 aliphatic carbocycles. The highest BCUT2D eigenvalue weighted by Gasteiger charge is 2.36. The highest BCUT2D eigenvalue weighted by atomic mass is 28.4. The molecule has 0 aliphatic heterocycles. The number of para-hydroxylation sites is 1. The van der Waals surface area contributed by atoms with Gasteiger partial charge in [-0.15, -0.1) is 0 Å². The topological polar surface area (TPSA) is 31.2 Å². The van der Waals surface area contributed by atoms with Crippen molar-refractivity contribution in [1.29, 1.82) is 0 Å². The fourth-order valence-electron chi connectivity index (χ4n) is 4.50. The number of carbonyl (C=O) groups excluding carboxylic acids is 1. The SMILES string of the molecule is CCCCC/C=C\C/C=C\CCCCCCCC(=O)n1cc(CCO[Si](C)(C)C(C)(C)C)c2ccccc21. The largest absolute Gasteiger partial charge is 0.416 e. The zero-order valence-corrected chi connectivity index (χ0v) is 26.4. The van der Waals surface area contributed by atoms with Crippen LogP contribution in [0.5, 0.6) is 0 Å². The predicted molar refractivity (Wildman–Crippen MR) is 169 cm³/mol. The summed E-state index contributed by atoms with van der Waals surface area (Å²) in [6.07, 6.45) is 26.0. The van der Waals surface area contributed by atoms with Crippen molar-refractivity contribution in [3.8, 4) is 0 Å². The van der Waals surface area contributed by atoms with Crippen molar-refractivity contribution in [2.45, 2.75) is 129 Å². The molecule has 0 unspecified atom stereocenters. The Balaban J connectivity index is 1.70. The molecule has 0 spiro atoms. The number of aromatic nitrogens is 1. The lowest BCUT2D eigenvalue weighted by atomic mass is 10.1. The Morgan fingerprint density at radius 3 is 2.21 bits per heavy atom. The van der Waals surface area contributed by atoms with Gasteiger partial charge in [-0.25, -0.2) is 0 Å². The summed E-state index contributed by atoms with van der Waals surface area (Å²) in [4.78, 5) is 13.1. The first kappa shape index (κ1) is 32.3. The number of nitrogens with zero attached hydrogens (tertiary/aromatic N) is 1. The first-order chi connectivity index (χ1) is 18.2. The third kappa shape index (κ3) is 11.1. The van der Waals surface area contributed by atoms with E-state index in [2.05, 4.69) is 89.5 Å². The van der Waals surface area contributed by atoms with Gasteiger partial charge in [-0.2, -0.15) is 0 Å². The van der Waals surface area contributed by atoms with E-state index in [4.69, 9.17) is 4.43 Å². The van der Waals surface area contributed by atoms with Crippen LogP contribution in [-0.4, -0.2) is 25.4 Å². The van der Waals surface area contributed by atoms with Gasteiger partial charge in [0.15, 0.2) is 8.32 Å². The normalized spacial score (nSPS) is 12.9. The molecule has 0 aliphatic rings. The number of fused-ring (bicyclic) bond motifs is 1. The Labute approximate surface area is 234 Å². The van der Waals surface area contributed by atoms with Crippen molar-refractivity contribution in [2.24, 2.45) is 0 Å². The van der Waals surface area contributed by atoms with Crippen molar-refractivity contribution in [3.63, 3.8) is 0 Å². The van der Waals surface area contributed by atoms with Gasteiger partial charge in [0.05, 0.1) is 5.52 Å². The molecule has 2 rings (SSSR count). The zero-order valence-electron chi connectivity index (χ0n) is 25.4. The van der Waals surface area contributed by atoms with Crippen LogP contribution in [0.15, 0.2) is 54.8 Å². The Bertz CT molecular complexity index is 1010. The fraction of sp³-hybridized carbons (Fsp3) is 0.618. The van der Waals surface area contributed by atoms with E-state index >= 15 is 0 Å². The smallest absolute Gasteiger partial charge is 0.231 e. The molecule has 0 atom stereocenters. The van der Waals surface area contributed by atoms with Crippen LogP contribution in [0.4, 0.5) is 0 Å². The summed E-state index contributed by atoms with van der Waals surface area (Å²) in [5.41, 5.74) is 2.25. The van der Waals surface area contributed by atoms with Crippen LogP contribution in [0.1, 0.15) is 115 Å². The van der Waals surface area contributed by atoms with Gasteiger partial charge < -0.3 is 4.43 Å². The van der Waals surface area contributed by atoms with Gasteiger partial charge >= 0.3 is 0 Å². The van der Waals surface area contributed by atoms with Crippen LogP contribution < -0.4 is 0 Å². The highest BCUT2D eigenvalue weighted by Crippen LogP contribution is 2.36.